The molecule has 2 aromatic carbocycles. The van der Waals surface area contributed by atoms with Crippen LogP contribution in [0, 0.1) is 0 Å². The van der Waals surface area contributed by atoms with Gasteiger partial charge < -0.3 is 18.9 Å². The lowest BCUT2D eigenvalue weighted by Crippen LogP contribution is -2.33. The highest BCUT2D eigenvalue weighted by molar-refractivity contribution is 7.15. The van der Waals surface area contributed by atoms with Gasteiger partial charge in [0.1, 0.15) is 16.1 Å². The quantitative estimate of drug-likeness (QED) is 0.187. The minimum absolute atomic E-state index is 0.101. The Morgan fingerprint density at radius 3 is 1.96 bits per heavy atom. The molecule has 0 radical (unpaired) electrons. The molecule has 240 valence electrons. The average molecular weight is 663 g/mol. The van der Waals surface area contributed by atoms with Gasteiger partial charge in [-0.3, -0.25) is 20.2 Å². The third kappa shape index (κ3) is 7.58. The molecule has 0 bridgehead atoms. The number of amides is 2. The number of aryl methyl sites for hydroxylation is 2. The highest BCUT2D eigenvalue weighted by Gasteiger charge is 2.46. The molecule has 14 heteroatoms. The maximum Gasteiger partial charge on any atom is 0.296 e. The third-order valence-electron chi connectivity index (χ3n) is 7.04. The summed E-state index contributed by atoms with van der Waals surface area (Å²) in [7, 11) is 0. The van der Waals surface area contributed by atoms with Crippen LogP contribution >= 0.6 is 22.7 Å². The first-order valence-corrected chi connectivity index (χ1v) is 16.5. The SMILES string of the molecule is CC1(C)OC(C(=O)Nc2nnc(CCCCc3nnc(NC(=O)[C@H]4OC(C)(C)O[C@@H]4c4ccccc4)s3)s2)=C(c2ccccc2)O1. The fourth-order valence-electron chi connectivity index (χ4n) is 5.07. The van der Waals surface area contributed by atoms with E-state index in [-0.39, 0.29) is 11.7 Å². The lowest BCUT2D eigenvalue weighted by molar-refractivity contribution is -0.153. The minimum Gasteiger partial charge on any atom is -0.448 e. The Hall–Kier alpha value is -4.24. The number of carbonyl (C=O) groups excluding carboxylic acids is 2. The molecule has 0 aliphatic carbocycles. The van der Waals surface area contributed by atoms with Gasteiger partial charge in [-0.2, -0.15) is 0 Å². The molecule has 4 aromatic rings. The van der Waals surface area contributed by atoms with E-state index >= 15 is 0 Å². The van der Waals surface area contributed by atoms with Crippen LogP contribution in [0.5, 0.6) is 0 Å². The van der Waals surface area contributed by atoms with Crippen molar-refractivity contribution in [1.82, 2.24) is 20.4 Å². The molecule has 0 spiro atoms. The maximum absolute atomic E-state index is 13.1. The van der Waals surface area contributed by atoms with Crippen molar-refractivity contribution in [2.75, 3.05) is 10.6 Å². The molecular weight excluding hydrogens is 629 g/mol. The average Bonchev–Trinajstić information content (AvgIpc) is 3.82. The topological polar surface area (TPSA) is 147 Å². The number of ether oxygens (including phenoxy) is 4. The summed E-state index contributed by atoms with van der Waals surface area (Å²) in [4.78, 5) is 26.2. The lowest BCUT2D eigenvalue weighted by atomic mass is 10.0. The predicted octanol–water partition coefficient (Wildman–Crippen LogP) is 5.88. The molecule has 6 rings (SSSR count). The highest BCUT2D eigenvalue weighted by atomic mass is 32.1. The van der Waals surface area contributed by atoms with E-state index in [1.54, 1.807) is 27.7 Å². The van der Waals surface area contributed by atoms with Crippen molar-refractivity contribution in [3.63, 3.8) is 0 Å². The number of unbranched alkanes of at least 4 members (excludes halogenated alkanes) is 1. The summed E-state index contributed by atoms with van der Waals surface area (Å²) in [6, 6.07) is 18.9. The van der Waals surface area contributed by atoms with Crippen LogP contribution in [-0.2, 0) is 41.4 Å². The normalized spacial score (nSPS) is 19.8. The number of rotatable bonds is 11. The van der Waals surface area contributed by atoms with Gasteiger partial charge >= 0.3 is 0 Å². The van der Waals surface area contributed by atoms with Crippen LogP contribution in [0.3, 0.4) is 0 Å². The van der Waals surface area contributed by atoms with Gasteiger partial charge in [0.05, 0.1) is 0 Å². The van der Waals surface area contributed by atoms with E-state index in [1.165, 1.54) is 22.7 Å². The second kappa shape index (κ2) is 13.2. The van der Waals surface area contributed by atoms with E-state index in [0.717, 1.165) is 34.0 Å². The molecule has 0 saturated carbocycles. The van der Waals surface area contributed by atoms with E-state index in [4.69, 9.17) is 18.9 Å². The molecule has 2 atom stereocenters. The first kappa shape index (κ1) is 31.7. The molecule has 1 fully saturated rings. The molecule has 4 heterocycles. The molecule has 12 nitrogen and oxygen atoms in total. The van der Waals surface area contributed by atoms with Crippen LogP contribution in [0.25, 0.3) is 5.76 Å². The van der Waals surface area contributed by atoms with Gasteiger partial charge in [0, 0.05) is 32.3 Å². The van der Waals surface area contributed by atoms with Crippen LogP contribution in [0.1, 0.15) is 67.8 Å². The maximum atomic E-state index is 13.1. The smallest absolute Gasteiger partial charge is 0.296 e. The number of carbonyl (C=O) groups is 2. The van der Waals surface area contributed by atoms with Gasteiger partial charge in [-0.1, -0.05) is 83.3 Å². The Balaban J connectivity index is 0.976. The van der Waals surface area contributed by atoms with Crippen molar-refractivity contribution in [2.45, 2.75) is 77.2 Å². The first-order chi connectivity index (χ1) is 22.1. The zero-order valence-corrected chi connectivity index (χ0v) is 27.4. The molecule has 0 unspecified atom stereocenters. The number of nitrogens with one attached hydrogen (secondary N) is 2. The predicted molar refractivity (Wildman–Crippen MR) is 173 cm³/mol. The van der Waals surface area contributed by atoms with Gasteiger partial charge in [-0.15, -0.1) is 20.4 Å². The van der Waals surface area contributed by atoms with E-state index in [1.807, 2.05) is 60.7 Å². The molecule has 46 heavy (non-hydrogen) atoms. The molecule has 2 aromatic heterocycles. The molecule has 2 aliphatic heterocycles. The standard InChI is InChI=1S/C32H34N6O6S2/c1-31(2)41-23(19-13-7-5-8-14-19)25(43-31)27(39)33-29-37-35-21(45-29)17-11-12-18-22-36-38-30(46-22)34-28(40)26-24(42-32(3,4)44-26)20-15-9-6-10-16-20/h5-10,13-16,23,25H,11-12,17-18H2,1-4H3,(H,33,37,39)(H,34,38,40)/t23-,25+/m1/s1. The summed E-state index contributed by atoms with van der Waals surface area (Å²) >= 11 is 2.65. The monoisotopic (exact) mass is 662 g/mol. The third-order valence-corrected chi connectivity index (χ3v) is 8.84. The Bertz CT molecular complexity index is 1720. The number of hydrogen-bond acceptors (Lipinski definition) is 12. The van der Waals surface area contributed by atoms with Crippen LogP contribution in [0.15, 0.2) is 66.4 Å². The van der Waals surface area contributed by atoms with Crippen molar-refractivity contribution in [3.05, 3.63) is 87.6 Å². The number of benzene rings is 2. The fourth-order valence-corrected chi connectivity index (χ4v) is 6.63. The van der Waals surface area contributed by atoms with Crippen molar-refractivity contribution in [3.8, 4) is 0 Å². The van der Waals surface area contributed by atoms with Gasteiger partial charge in [0.2, 0.25) is 21.8 Å². The van der Waals surface area contributed by atoms with Gasteiger partial charge in [0.15, 0.2) is 17.7 Å². The second-order valence-electron chi connectivity index (χ2n) is 11.7. The summed E-state index contributed by atoms with van der Waals surface area (Å²) in [6.07, 6.45) is 1.71. The second-order valence-corrected chi connectivity index (χ2v) is 13.8. The van der Waals surface area contributed by atoms with E-state index in [9.17, 15) is 9.59 Å². The summed E-state index contributed by atoms with van der Waals surface area (Å²) in [5.74, 6) is -2.15. The summed E-state index contributed by atoms with van der Waals surface area (Å²) in [5.41, 5.74) is 1.62. The zero-order chi connectivity index (χ0) is 32.3. The highest BCUT2D eigenvalue weighted by Crippen LogP contribution is 2.39. The van der Waals surface area contributed by atoms with Crippen LogP contribution in [0.4, 0.5) is 10.3 Å². The lowest BCUT2D eigenvalue weighted by Gasteiger charge is -2.18. The zero-order valence-electron chi connectivity index (χ0n) is 25.8. The van der Waals surface area contributed by atoms with Crippen molar-refractivity contribution in [1.29, 1.82) is 0 Å². The fraction of sp³-hybridized carbons (Fsp3) is 0.375. The largest absolute Gasteiger partial charge is 0.448 e. The van der Waals surface area contributed by atoms with Crippen molar-refractivity contribution >= 4 is 50.5 Å². The molecule has 1 saturated heterocycles. The molecule has 2 aliphatic rings. The number of hydrogen-bond donors (Lipinski definition) is 2. The van der Waals surface area contributed by atoms with Gasteiger partial charge in [-0.25, -0.2) is 0 Å². The van der Waals surface area contributed by atoms with Crippen molar-refractivity contribution in [2.24, 2.45) is 0 Å². The van der Waals surface area contributed by atoms with E-state index < -0.39 is 29.7 Å². The Labute approximate surface area is 274 Å². The van der Waals surface area contributed by atoms with Crippen LogP contribution in [-0.4, -0.2) is 49.9 Å². The summed E-state index contributed by atoms with van der Waals surface area (Å²) < 4.78 is 23.7. The molecule has 2 N–H and O–H groups in total. The van der Waals surface area contributed by atoms with Crippen molar-refractivity contribution < 1.29 is 28.5 Å². The van der Waals surface area contributed by atoms with Gasteiger partial charge in [0.25, 0.3) is 11.8 Å². The minimum atomic E-state index is -0.967. The number of nitrogens with zero attached hydrogens (tertiary/aromatic N) is 4. The van der Waals surface area contributed by atoms with E-state index in [2.05, 4.69) is 31.0 Å². The number of aromatic nitrogens is 4. The van der Waals surface area contributed by atoms with Crippen LogP contribution in [0.2, 0.25) is 0 Å². The molecular formula is C32H34N6O6S2. The Morgan fingerprint density at radius 2 is 1.33 bits per heavy atom. The first-order valence-electron chi connectivity index (χ1n) is 14.9. The van der Waals surface area contributed by atoms with Gasteiger partial charge in [-0.05, 0) is 32.3 Å². The number of anilines is 2. The van der Waals surface area contributed by atoms with Crippen LogP contribution < -0.4 is 10.6 Å². The molecule has 2 amide bonds. The van der Waals surface area contributed by atoms with E-state index in [0.29, 0.717) is 28.9 Å². The summed E-state index contributed by atoms with van der Waals surface area (Å²) in [5, 5.41) is 24.8. The summed E-state index contributed by atoms with van der Waals surface area (Å²) in [6.45, 7) is 7.08. The Morgan fingerprint density at radius 1 is 0.739 bits per heavy atom. The Kier molecular flexibility index (Phi) is 9.13.